The number of benzene rings is 1. The van der Waals surface area contributed by atoms with E-state index in [0.717, 1.165) is 11.3 Å². The fraction of sp³-hybridized carbons (Fsp3) is 0.0870. The standard InChI is InChI=1S/C23H17N5O6S/c1-14(33-22(30)18-8-4-10-25-21(18)34-17-7-3-9-24-12-17)20(29)27-23-26-19(13-35-23)15-5-2-6-16(11-15)28(31)32/h2-14H,1H3,(H,26,27,29). The molecule has 3 aromatic heterocycles. The molecule has 3 heterocycles. The lowest BCUT2D eigenvalue weighted by Crippen LogP contribution is -2.30. The average Bonchev–Trinajstić information content (AvgIpc) is 3.33. The second-order valence-corrected chi connectivity index (χ2v) is 7.89. The van der Waals surface area contributed by atoms with E-state index in [4.69, 9.17) is 9.47 Å². The van der Waals surface area contributed by atoms with Crippen molar-refractivity contribution in [1.82, 2.24) is 15.0 Å². The van der Waals surface area contributed by atoms with E-state index in [1.807, 2.05) is 0 Å². The molecule has 1 unspecified atom stereocenters. The summed E-state index contributed by atoms with van der Waals surface area (Å²) in [5.41, 5.74) is 0.974. The molecule has 1 N–H and O–H groups in total. The summed E-state index contributed by atoms with van der Waals surface area (Å²) >= 11 is 1.13. The number of pyridine rings is 2. The summed E-state index contributed by atoms with van der Waals surface area (Å²) in [6.07, 6.45) is 3.35. The maximum atomic E-state index is 12.7. The van der Waals surface area contributed by atoms with Crippen LogP contribution in [0.1, 0.15) is 17.3 Å². The molecule has 0 fully saturated rings. The molecule has 0 aliphatic heterocycles. The first-order valence-corrected chi connectivity index (χ1v) is 11.0. The number of nitrogens with zero attached hydrogens (tertiary/aromatic N) is 4. The highest BCUT2D eigenvalue weighted by molar-refractivity contribution is 7.14. The summed E-state index contributed by atoms with van der Waals surface area (Å²) in [6.45, 7) is 1.42. The smallest absolute Gasteiger partial charge is 0.344 e. The first kappa shape index (κ1) is 23.4. The monoisotopic (exact) mass is 491 g/mol. The van der Waals surface area contributed by atoms with Crippen LogP contribution in [0.25, 0.3) is 11.3 Å². The minimum atomic E-state index is -1.15. The van der Waals surface area contributed by atoms with Gasteiger partial charge in [-0.25, -0.2) is 14.8 Å². The molecule has 0 saturated heterocycles. The Bertz CT molecular complexity index is 1380. The van der Waals surface area contributed by atoms with Gasteiger partial charge in [-0.15, -0.1) is 11.3 Å². The molecule has 0 bridgehead atoms. The molecule has 176 valence electrons. The predicted octanol–water partition coefficient (Wildman–Crippen LogP) is 4.48. The van der Waals surface area contributed by atoms with Crippen molar-refractivity contribution in [2.24, 2.45) is 0 Å². The predicted molar refractivity (Wildman–Crippen MR) is 126 cm³/mol. The van der Waals surface area contributed by atoms with Crippen LogP contribution < -0.4 is 10.1 Å². The zero-order chi connectivity index (χ0) is 24.8. The first-order valence-electron chi connectivity index (χ1n) is 10.2. The van der Waals surface area contributed by atoms with Crippen molar-refractivity contribution in [3.8, 4) is 22.9 Å². The summed E-state index contributed by atoms with van der Waals surface area (Å²) in [5.74, 6) is -0.998. The van der Waals surface area contributed by atoms with Crippen molar-refractivity contribution in [2.75, 3.05) is 5.32 Å². The summed E-state index contributed by atoms with van der Waals surface area (Å²) in [5, 5.41) is 15.5. The van der Waals surface area contributed by atoms with Crippen LogP contribution >= 0.6 is 11.3 Å². The van der Waals surface area contributed by atoms with Gasteiger partial charge in [-0.3, -0.25) is 25.2 Å². The molecular formula is C23H17N5O6S. The second-order valence-electron chi connectivity index (χ2n) is 7.03. The van der Waals surface area contributed by atoms with Crippen LogP contribution in [0.4, 0.5) is 10.8 Å². The molecule has 0 aliphatic carbocycles. The molecular weight excluding hydrogens is 474 g/mol. The van der Waals surface area contributed by atoms with Crippen molar-refractivity contribution in [3.05, 3.63) is 88.2 Å². The lowest BCUT2D eigenvalue weighted by molar-refractivity contribution is -0.384. The van der Waals surface area contributed by atoms with E-state index in [9.17, 15) is 19.7 Å². The number of anilines is 1. The third-order valence-electron chi connectivity index (χ3n) is 4.58. The molecule has 35 heavy (non-hydrogen) atoms. The minimum absolute atomic E-state index is 0.0135. The van der Waals surface area contributed by atoms with Gasteiger partial charge in [-0.05, 0) is 31.2 Å². The van der Waals surface area contributed by atoms with Gasteiger partial charge in [-0.1, -0.05) is 12.1 Å². The Kier molecular flexibility index (Phi) is 7.02. The van der Waals surface area contributed by atoms with Gasteiger partial charge in [0.2, 0.25) is 5.88 Å². The maximum absolute atomic E-state index is 12.7. The largest absolute Gasteiger partial charge is 0.449 e. The van der Waals surface area contributed by atoms with Crippen LogP contribution in [0.5, 0.6) is 11.6 Å². The first-order chi connectivity index (χ1) is 16.9. The summed E-state index contributed by atoms with van der Waals surface area (Å²) in [4.78, 5) is 48.1. The Labute approximate surface area is 202 Å². The number of nitro benzene ring substituents is 1. The Balaban J connectivity index is 1.40. The van der Waals surface area contributed by atoms with Crippen LogP contribution in [-0.2, 0) is 9.53 Å². The third-order valence-corrected chi connectivity index (χ3v) is 5.34. The molecule has 0 saturated carbocycles. The summed E-state index contributed by atoms with van der Waals surface area (Å²) in [7, 11) is 0. The maximum Gasteiger partial charge on any atom is 0.344 e. The van der Waals surface area contributed by atoms with Crippen LogP contribution in [0.15, 0.2) is 72.5 Å². The Morgan fingerprint density at radius 3 is 2.74 bits per heavy atom. The molecule has 0 aliphatic rings. The lowest BCUT2D eigenvalue weighted by Gasteiger charge is -2.14. The molecule has 0 spiro atoms. The highest BCUT2D eigenvalue weighted by atomic mass is 32.1. The van der Waals surface area contributed by atoms with Gasteiger partial charge in [-0.2, -0.15) is 0 Å². The number of ether oxygens (including phenoxy) is 2. The van der Waals surface area contributed by atoms with Gasteiger partial charge < -0.3 is 9.47 Å². The van der Waals surface area contributed by atoms with E-state index in [1.54, 1.807) is 41.9 Å². The van der Waals surface area contributed by atoms with E-state index in [-0.39, 0.29) is 22.3 Å². The number of carbonyl (C=O) groups excluding carboxylic acids is 2. The van der Waals surface area contributed by atoms with E-state index >= 15 is 0 Å². The number of nitrogens with one attached hydrogen (secondary N) is 1. The topological polar surface area (TPSA) is 146 Å². The molecule has 11 nitrogen and oxygen atoms in total. The van der Waals surface area contributed by atoms with Gasteiger partial charge >= 0.3 is 5.97 Å². The number of esters is 1. The lowest BCUT2D eigenvalue weighted by atomic mass is 10.1. The number of thiazole rings is 1. The highest BCUT2D eigenvalue weighted by Gasteiger charge is 2.23. The van der Waals surface area contributed by atoms with Crippen LogP contribution in [0.3, 0.4) is 0 Å². The summed E-state index contributed by atoms with van der Waals surface area (Å²) < 4.78 is 10.9. The quantitative estimate of drug-likeness (QED) is 0.214. The van der Waals surface area contributed by atoms with E-state index in [1.165, 1.54) is 37.5 Å². The van der Waals surface area contributed by atoms with E-state index in [2.05, 4.69) is 20.3 Å². The van der Waals surface area contributed by atoms with Gasteiger partial charge in [0.15, 0.2) is 11.2 Å². The number of nitro groups is 1. The Hall–Kier alpha value is -4.71. The van der Waals surface area contributed by atoms with Gasteiger partial charge in [0.25, 0.3) is 11.6 Å². The fourth-order valence-corrected chi connectivity index (χ4v) is 3.60. The zero-order valence-electron chi connectivity index (χ0n) is 18.2. The minimum Gasteiger partial charge on any atom is -0.449 e. The number of hydrogen-bond donors (Lipinski definition) is 1. The number of amides is 1. The zero-order valence-corrected chi connectivity index (χ0v) is 19.0. The molecule has 1 aromatic carbocycles. The molecule has 12 heteroatoms. The Morgan fingerprint density at radius 2 is 1.97 bits per heavy atom. The van der Waals surface area contributed by atoms with Gasteiger partial charge in [0.1, 0.15) is 11.3 Å². The van der Waals surface area contributed by atoms with Crippen molar-refractivity contribution in [1.29, 1.82) is 0 Å². The van der Waals surface area contributed by atoms with Crippen LogP contribution in [-0.4, -0.2) is 37.9 Å². The van der Waals surface area contributed by atoms with E-state index in [0.29, 0.717) is 17.0 Å². The van der Waals surface area contributed by atoms with Crippen molar-refractivity contribution in [2.45, 2.75) is 13.0 Å². The molecule has 4 rings (SSSR count). The molecule has 1 atom stereocenters. The second kappa shape index (κ2) is 10.5. The Morgan fingerprint density at radius 1 is 1.14 bits per heavy atom. The number of non-ortho nitro benzene ring substituents is 1. The summed E-state index contributed by atoms with van der Waals surface area (Å²) in [6, 6.07) is 12.3. The van der Waals surface area contributed by atoms with Crippen molar-refractivity contribution >= 4 is 34.0 Å². The van der Waals surface area contributed by atoms with Crippen molar-refractivity contribution in [3.63, 3.8) is 0 Å². The van der Waals surface area contributed by atoms with Crippen LogP contribution in [0.2, 0.25) is 0 Å². The normalized spacial score (nSPS) is 11.3. The highest BCUT2D eigenvalue weighted by Crippen LogP contribution is 2.28. The van der Waals surface area contributed by atoms with Gasteiger partial charge in [0, 0.05) is 35.5 Å². The molecule has 0 radical (unpaired) electrons. The molecule has 1 amide bonds. The number of hydrogen-bond acceptors (Lipinski definition) is 10. The van der Waals surface area contributed by atoms with Crippen molar-refractivity contribution < 1.29 is 24.0 Å². The van der Waals surface area contributed by atoms with Crippen LogP contribution in [0, 0.1) is 10.1 Å². The number of carbonyl (C=O) groups is 2. The number of rotatable bonds is 8. The number of aromatic nitrogens is 3. The average molecular weight is 491 g/mol. The molecule has 4 aromatic rings. The fourth-order valence-electron chi connectivity index (χ4n) is 2.87. The SMILES string of the molecule is CC(OC(=O)c1cccnc1Oc1cccnc1)C(=O)Nc1nc(-c2cccc([N+](=O)[O-])c2)cs1. The third kappa shape index (κ3) is 5.81. The van der Waals surface area contributed by atoms with Gasteiger partial charge in [0.05, 0.1) is 16.8 Å². The van der Waals surface area contributed by atoms with E-state index < -0.39 is 22.9 Å².